The first-order chi connectivity index (χ1) is 59.4. The van der Waals surface area contributed by atoms with Gasteiger partial charge >= 0.3 is 23.9 Å². The molecule has 0 aliphatic carbocycles. The van der Waals surface area contributed by atoms with Crippen LogP contribution >= 0.6 is 28.3 Å². The number of carbonyl (C=O) groups excluding carboxylic acids is 5. The van der Waals surface area contributed by atoms with Gasteiger partial charge in [0.2, 0.25) is 5.95 Å². The number of rotatable bonds is 11. The number of fused-ring (bicyclic) bond motifs is 10. The fourth-order valence-electron chi connectivity index (χ4n) is 14.7. The third-order valence-electron chi connectivity index (χ3n) is 21.5. The summed E-state index contributed by atoms with van der Waals surface area (Å²) in [5, 5.41) is 29.6. The van der Waals surface area contributed by atoms with Gasteiger partial charge in [-0.05, 0) is 205 Å². The molecule has 7 aromatic heterocycles. The molecule has 0 atom stereocenters. The molecule has 2 amide bonds. The van der Waals surface area contributed by atoms with Crippen LogP contribution in [-0.2, 0) is 61.5 Å². The molecule has 4 aliphatic heterocycles. The topological polar surface area (TPSA) is 328 Å². The van der Waals surface area contributed by atoms with E-state index in [9.17, 15) is 50.3 Å². The van der Waals surface area contributed by atoms with Gasteiger partial charge in [-0.3, -0.25) is 9.69 Å². The minimum atomic E-state index is -0.771. The van der Waals surface area contributed by atoms with Gasteiger partial charge in [0.1, 0.15) is 34.7 Å². The molecule has 0 unspecified atom stereocenters. The Balaban J connectivity index is 0.000000209. The summed E-state index contributed by atoms with van der Waals surface area (Å²) in [4.78, 5) is 88.1. The average Bonchev–Trinajstić information content (AvgIpc) is 1.59. The zero-order valence-corrected chi connectivity index (χ0v) is 79.7. The van der Waals surface area contributed by atoms with Gasteiger partial charge in [0.05, 0.1) is 110 Å². The lowest BCUT2D eigenvalue weighted by Gasteiger charge is -2.41. The number of Topliss-reactive ketones (excluding diaryl/α,β-unsaturated/α-hetero) is 1. The zero-order chi connectivity index (χ0) is 92.5. The van der Waals surface area contributed by atoms with Crippen LogP contribution in [0, 0.1) is 57.7 Å². The maximum atomic E-state index is 13.9. The Morgan fingerprint density at radius 2 is 1.09 bits per heavy atom. The van der Waals surface area contributed by atoms with E-state index in [-0.39, 0.29) is 112 Å². The Hall–Kier alpha value is -11.0. The van der Waals surface area contributed by atoms with Gasteiger partial charge in [0.25, 0.3) is 5.78 Å². The van der Waals surface area contributed by atoms with E-state index >= 15 is 0 Å². The maximum Gasteiger partial charge on any atom is 0.375 e. The molecule has 0 radical (unpaired) electrons. The van der Waals surface area contributed by atoms with Crippen molar-refractivity contribution in [2.24, 2.45) is 5.73 Å². The van der Waals surface area contributed by atoms with Crippen molar-refractivity contribution in [3.63, 3.8) is 0 Å². The van der Waals surface area contributed by atoms with Crippen molar-refractivity contribution in [1.82, 2.24) is 60.2 Å². The minimum absolute atomic E-state index is 0. The number of nitrogens with one attached hydrogen (secondary N) is 8. The van der Waals surface area contributed by atoms with E-state index in [1.54, 1.807) is 100.0 Å². The number of aromatic amines is 6. The zero-order valence-electron chi connectivity index (χ0n) is 75.2. The molecule has 2 saturated heterocycles. The molecule has 2 fully saturated rings. The van der Waals surface area contributed by atoms with Crippen LogP contribution in [0.15, 0.2) is 146 Å². The number of quaternary nitrogens is 1. The molecule has 0 bridgehead atoms. The Labute approximate surface area is 773 Å². The lowest BCUT2D eigenvalue weighted by atomic mass is 9.82. The number of hydrogen-bond donors (Lipinski definition) is 9. The molecule has 12 aromatic rings. The third kappa shape index (κ3) is 27.1. The van der Waals surface area contributed by atoms with Gasteiger partial charge in [-0.25, -0.2) is 46.1 Å². The van der Waals surface area contributed by atoms with E-state index in [2.05, 4.69) is 132 Å². The van der Waals surface area contributed by atoms with E-state index in [0.29, 0.717) is 72.8 Å². The molecule has 24 nitrogen and oxygen atoms in total. The summed E-state index contributed by atoms with van der Waals surface area (Å²) in [6.07, 6.45) is 10.1. The Kier molecular flexibility index (Phi) is 36.9. The molecule has 686 valence electrons. The number of nitrogens with two attached hydrogens (primary N) is 1. The number of nitriles is 2. The molecular formula is C95H115BrClF6IN16O8. The number of pyridine rings is 1. The largest absolute Gasteiger partial charge is 1.00 e. The van der Waals surface area contributed by atoms with Crippen LogP contribution in [0.5, 0.6) is 0 Å². The van der Waals surface area contributed by atoms with Crippen molar-refractivity contribution < 1.29 is 93.0 Å². The Morgan fingerprint density at radius 1 is 0.602 bits per heavy atom. The van der Waals surface area contributed by atoms with Crippen LogP contribution in [0.1, 0.15) is 136 Å². The number of ether oxygens (including phenoxy) is 3. The summed E-state index contributed by atoms with van der Waals surface area (Å²) in [5.74, 6) is -4.08. The van der Waals surface area contributed by atoms with E-state index in [1.165, 1.54) is 79.8 Å². The van der Waals surface area contributed by atoms with Gasteiger partial charge < -0.3 is 98.7 Å². The van der Waals surface area contributed by atoms with Crippen LogP contribution in [0.2, 0.25) is 0 Å². The van der Waals surface area contributed by atoms with E-state index in [4.69, 9.17) is 25.7 Å². The number of alkyl halides is 1. The third-order valence-corrected chi connectivity index (χ3v) is 22.0. The Bertz CT molecular complexity index is 6010. The summed E-state index contributed by atoms with van der Waals surface area (Å²) in [7, 11) is 6.48. The summed E-state index contributed by atoms with van der Waals surface area (Å²) >= 11 is 2.85. The molecule has 0 spiro atoms. The number of urea groups is 1. The van der Waals surface area contributed by atoms with Crippen molar-refractivity contribution in [2.75, 3.05) is 98.5 Å². The molecule has 10 N–H and O–H groups in total. The van der Waals surface area contributed by atoms with Crippen molar-refractivity contribution in [3.05, 3.63) is 221 Å². The fourth-order valence-corrected chi connectivity index (χ4v) is 14.9. The molecule has 5 aromatic carbocycles. The monoisotopic (exact) mass is 1960 g/mol. The molecule has 128 heavy (non-hydrogen) atoms. The first-order valence-corrected chi connectivity index (χ1v) is 42.7. The SMILES string of the molecule is CC(C)(C#N)c1c[nH]c2cc(F)ccc12.CC(C)(CN)c1c[nH]c2nc(F)ccc12.CC(C)OC(=O)C(=O)CBr.CC(C)OC(=O)C1=CN(C(=O)N2CC[N+](C)(C)CC2)CC(C)(C)c2c1[nH]c1cc(F)ccc21.CC(C)OC(=O)C1=CNCC(C)(C)c2c1[nH]c1cc(F)ccc21.CN1CCNCC1.Cl.Fc1ccc2cc[nH]c2c1.N#CCc1c[nH]c2cc(F)ccc12.[I-]. The van der Waals surface area contributed by atoms with Crippen LogP contribution in [0.4, 0.5) is 31.1 Å². The number of halogens is 9. The standard InChI is InChI=1S/C25H34FN4O3.C18H21FN2O2.C12H11FN2.C11H14FN3.C10H7FN2.C8H6FN.C6H9BrO3.C5H12N2.ClH.HI/c1-16(2)33-23(31)19-14-29(24(32)28-9-11-30(5,6)12-10-28)15-25(3,4)21-18-8-7-17(26)13-20(18)27-22(19)21;1-10(2)23-17(22)13-8-20-9-18(3,4)15-12-6-5-11(19)7-14(12)21-16(13)15;1-12(2,7-14)10-6-15-11-5-8(13)3-4-9(10)11;1-11(2,6-13)8-5-14-10-7(8)3-4-9(12)15-10;11-8-1-2-9-7(3-4-12)6-13-10(9)5-8;9-7-2-1-6-3-4-10-8(6)5-7;1-4(2)10-6(9)5(8)3-7;1-7-4-2-6-3-5-7;;/h7-8,13-14,16,27H,9-12,15H2,1-6H3;5-8,10,20-21H,9H2,1-4H3;3-6,15H,1-2H3;3-5H,6,13H2,1-2H3,(H,14,15);1-2,5-6,13H,3H2;1-5,10H;4H,3H2,1-2H3;6H,2-5H2,1H3;2*1H/q+1;;;;;;;;;/p-1. The smallest absolute Gasteiger partial charge is 0.375 e. The van der Waals surface area contributed by atoms with Crippen LogP contribution in [0.3, 0.4) is 0 Å². The number of piperazine rings is 2. The number of hydrogen-bond acceptors (Lipinski definition) is 15. The number of likely N-dealkylation sites (N-methyl/N-ethyl adjacent to an activating group) is 2. The number of benzene rings is 5. The summed E-state index contributed by atoms with van der Waals surface area (Å²) < 4.78 is 94.9. The number of amides is 2. The molecule has 11 heterocycles. The van der Waals surface area contributed by atoms with Gasteiger partial charge in [0.15, 0.2) is 0 Å². The van der Waals surface area contributed by atoms with Crippen molar-refractivity contribution in [3.8, 4) is 12.1 Å². The van der Waals surface area contributed by atoms with Crippen LogP contribution in [-0.4, -0.2) is 201 Å². The van der Waals surface area contributed by atoms with Crippen molar-refractivity contribution >= 4 is 135 Å². The van der Waals surface area contributed by atoms with Crippen LogP contribution in [0.25, 0.3) is 76.7 Å². The predicted molar refractivity (Wildman–Crippen MR) is 493 cm³/mol. The summed E-state index contributed by atoms with van der Waals surface area (Å²) in [6.45, 7) is 36.1. The number of nitrogens with zero attached hydrogens (tertiary/aromatic N) is 7. The van der Waals surface area contributed by atoms with Gasteiger partial charge in [-0.1, -0.05) is 57.5 Å². The second-order valence-corrected chi connectivity index (χ2v) is 35.7. The highest BCUT2D eigenvalue weighted by atomic mass is 127. The second-order valence-electron chi connectivity index (χ2n) is 35.1. The fraction of sp³-hybridized carbons (Fsp3) is 0.389. The Morgan fingerprint density at radius 3 is 1.61 bits per heavy atom. The highest BCUT2D eigenvalue weighted by Crippen LogP contribution is 2.43. The molecule has 16 rings (SSSR count). The number of esters is 3. The number of H-pyrrole nitrogens is 6. The average molecular weight is 1970 g/mol. The van der Waals surface area contributed by atoms with Gasteiger partial charge in [-0.15, -0.1) is 12.4 Å². The van der Waals surface area contributed by atoms with Crippen molar-refractivity contribution in [2.45, 2.75) is 143 Å². The first-order valence-electron chi connectivity index (χ1n) is 41.6. The highest BCUT2D eigenvalue weighted by molar-refractivity contribution is 9.09. The molecular weight excluding hydrogens is 1850 g/mol. The van der Waals surface area contributed by atoms with Gasteiger partial charge in [-0.2, -0.15) is 14.9 Å². The second kappa shape index (κ2) is 45.3. The minimum Gasteiger partial charge on any atom is -1.00 e. The number of carbonyl (C=O) groups is 5. The van der Waals surface area contributed by atoms with E-state index in [1.807, 2.05) is 58.7 Å². The molecule has 0 saturated carbocycles. The van der Waals surface area contributed by atoms with Crippen LogP contribution < -0.4 is 40.3 Å². The first kappa shape index (κ1) is 104. The summed E-state index contributed by atoms with van der Waals surface area (Å²) in [6, 6.07) is 32.2. The maximum absolute atomic E-state index is 13.9. The number of aromatic nitrogens is 7. The normalized spacial score (nSPS) is 14.9. The van der Waals surface area contributed by atoms with Crippen molar-refractivity contribution in [1.29, 1.82) is 10.5 Å². The molecule has 33 heteroatoms. The van der Waals surface area contributed by atoms with E-state index in [0.717, 1.165) is 107 Å². The predicted octanol–water partition coefficient (Wildman–Crippen LogP) is 14.8. The lowest BCUT2D eigenvalue weighted by molar-refractivity contribution is -0.894. The quantitative estimate of drug-likeness (QED) is 0.00849. The van der Waals surface area contributed by atoms with Gasteiger partial charge in [0, 0.05) is 154 Å². The van der Waals surface area contributed by atoms with E-state index < -0.39 is 40.5 Å². The number of ketones is 1. The molecule has 4 aliphatic rings. The highest BCUT2D eigenvalue weighted by Gasteiger charge is 2.41. The summed E-state index contributed by atoms with van der Waals surface area (Å²) in [5.41, 5.74) is 15.3. The lowest BCUT2D eigenvalue weighted by Crippen LogP contribution is -3.00.